The average Bonchev–Trinajstić information content (AvgIpc) is 2.86. The highest BCUT2D eigenvalue weighted by Gasteiger charge is 2.80. The first kappa shape index (κ1) is 57.5. The number of Topliss-reactive ketones (excluding diaryl/α,β-unsaturated/α-hetero) is 1. The molecule has 18 heteroatoms. The van der Waals surface area contributed by atoms with Crippen LogP contribution in [0.2, 0.25) is 0 Å². The van der Waals surface area contributed by atoms with Crippen molar-refractivity contribution in [2.75, 3.05) is 26.3 Å². The van der Waals surface area contributed by atoms with Gasteiger partial charge in [0.05, 0.1) is 12.2 Å². The van der Waals surface area contributed by atoms with Gasteiger partial charge in [-0.25, -0.2) is 18.4 Å². The van der Waals surface area contributed by atoms with E-state index in [0.29, 0.717) is 37.3 Å². The topological polar surface area (TPSA) is 228 Å². The molecular formula is C64H76F2N4O12. The number of alkyl halides is 2. The number of benzene rings is 3. The van der Waals surface area contributed by atoms with E-state index in [-0.39, 0.29) is 54.7 Å². The van der Waals surface area contributed by atoms with Gasteiger partial charge in [0, 0.05) is 40.8 Å². The molecule has 0 radical (unpaired) electrons. The van der Waals surface area contributed by atoms with Gasteiger partial charge in [0.1, 0.15) is 37.6 Å². The van der Waals surface area contributed by atoms with Crippen molar-refractivity contribution in [3.63, 3.8) is 0 Å². The lowest BCUT2D eigenvalue weighted by Crippen LogP contribution is -2.70. The molecule has 16 nitrogen and oxygen atoms in total. The molecule has 11 atom stereocenters. The number of aliphatic hydroxyl groups is 2. The standard InChI is InChI=1S/C64H76F2N4O12/c1-59(2,3)82-58(78)67-23-11-10-16-50(70-54(75)33-68-57(77)79-35-45-43-14-8-6-12-41(43)42-13-7-9-15-44(42)45)55(76)69-39-30-62(31-39)28-37(29-62)24-36-17-19-38(20-18-36)56-80-53-27-46-47-26-49(65)48-25-40(72)21-22-60(48,4)63(47,66)51(73)32-61(46,5)64(53,81-56)52(74)34-71/h6-9,12-15,17-22,25,37,39,45-47,49-51,53,56,71,73H,10-11,16,23-24,26-35H2,1-5H3,(H,67,78)(H,68,77)(H,69,76)(H,70,75)/t37?,39?,46-,47-,49-,50-,51-,53+,56+,60-,61-,62?,63-,64+/m0/s1. The first-order valence-corrected chi connectivity index (χ1v) is 29.2. The van der Waals surface area contributed by atoms with Crippen molar-refractivity contribution in [3.8, 4) is 11.1 Å². The Kier molecular flexibility index (Phi) is 15.2. The molecule has 4 amide bonds. The zero-order valence-corrected chi connectivity index (χ0v) is 47.3. The second kappa shape index (κ2) is 21.7. The fourth-order valence-corrected chi connectivity index (χ4v) is 16.2. The van der Waals surface area contributed by atoms with Crippen LogP contribution in [0.25, 0.3) is 11.1 Å². The van der Waals surface area contributed by atoms with E-state index in [1.54, 1.807) is 27.7 Å². The van der Waals surface area contributed by atoms with Crippen LogP contribution in [0.1, 0.15) is 133 Å². The molecule has 8 aliphatic rings. The summed E-state index contributed by atoms with van der Waals surface area (Å²) in [5, 5.41) is 33.6. The van der Waals surface area contributed by atoms with Crippen LogP contribution in [-0.2, 0) is 44.5 Å². The van der Waals surface area contributed by atoms with Crippen LogP contribution in [0, 0.1) is 34.0 Å². The Morgan fingerprint density at radius 2 is 1.54 bits per heavy atom. The summed E-state index contributed by atoms with van der Waals surface area (Å²) in [5.74, 6) is -3.35. The molecule has 3 aromatic rings. The maximum atomic E-state index is 17.9. The van der Waals surface area contributed by atoms with Crippen molar-refractivity contribution in [3.05, 3.63) is 119 Å². The molecule has 82 heavy (non-hydrogen) atoms. The highest BCUT2D eigenvalue weighted by Crippen LogP contribution is 2.73. The molecule has 6 fully saturated rings. The van der Waals surface area contributed by atoms with Crippen molar-refractivity contribution < 1.29 is 66.7 Å². The fourth-order valence-electron chi connectivity index (χ4n) is 16.2. The van der Waals surface area contributed by atoms with E-state index < -0.39 is 113 Å². The van der Waals surface area contributed by atoms with E-state index in [4.69, 9.17) is 18.9 Å². The zero-order chi connectivity index (χ0) is 58.1. The molecule has 5 saturated carbocycles. The van der Waals surface area contributed by atoms with E-state index in [9.17, 15) is 39.0 Å². The number of rotatable bonds is 17. The molecule has 1 aliphatic heterocycles. The lowest BCUT2D eigenvalue weighted by Gasteiger charge is -2.63. The Labute approximate surface area is 476 Å². The number of hydrogen-bond acceptors (Lipinski definition) is 12. The molecule has 1 heterocycles. The lowest BCUT2D eigenvalue weighted by molar-refractivity contribution is -0.235. The third-order valence-electron chi connectivity index (χ3n) is 19.8. The molecule has 0 aromatic heterocycles. The van der Waals surface area contributed by atoms with Crippen molar-refractivity contribution in [2.24, 2.45) is 34.0 Å². The number of halogens is 2. The largest absolute Gasteiger partial charge is 0.449 e. The van der Waals surface area contributed by atoms with Gasteiger partial charge in [-0.2, -0.15) is 0 Å². The third-order valence-corrected chi connectivity index (χ3v) is 19.8. The number of ether oxygens (including phenoxy) is 4. The highest BCUT2D eigenvalue weighted by atomic mass is 19.1. The maximum Gasteiger partial charge on any atom is 0.407 e. The monoisotopic (exact) mass is 1130 g/mol. The number of ketones is 2. The summed E-state index contributed by atoms with van der Waals surface area (Å²) in [6.45, 7) is 7.78. The van der Waals surface area contributed by atoms with Crippen molar-refractivity contribution in [1.29, 1.82) is 0 Å². The summed E-state index contributed by atoms with van der Waals surface area (Å²) in [5.41, 5.74) is -1.33. The molecule has 438 valence electrons. The highest BCUT2D eigenvalue weighted by molar-refractivity contribution is 6.01. The molecule has 3 aromatic carbocycles. The van der Waals surface area contributed by atoms with Crippen LogP contribution >= 0.6 is 0 Å². The smallest absolute Gasteiger partial charge is 0.407 e. The summed E-state index contributed by atoms with van der Waals surface area (Å²) in [7, 11) is 0. The van der Waals surface area contributed by atoms with Crippen LogP contribution in [0.15, 0.2) is 96.6 Å². The molecule has 1 saturated heterocycles. The fraction of sp³-hybridized carbons (Fsp3) is 0.562. The average molecular weight is 1130 g/mol. The van der Waals surface area contributed by atoms with Gasteiger partial charge in [-0.1, -0.05) is 85.8 Å². The summed E-state index contributed by atoms with van der Waals surface area (Å²) >= 11 is 0. The van der Waals surface area contributed by atoms with Crippen LogP contribution in [0.3, 0.4) is 0 Å². The molecule has 6 N–H and O–H groups in total. The molecule has 0 unspecified atom stereocenters. The van der Waals surface area contributed by atoms with E-state index in [1.165, 1.54) is 19.1 Å². The Hall–Kier alpha value is -6.34. The third kappa shape index (κ3) is 10.1. The summed E-state index contributed by atoms with van der Waals surface area (Å²) in [4.78, 5) is 78.7. The zero-order valence-electron chi connectivity index (χ0n) is 47.3. The minimum atomic E-state index is -2.34. The van der Waals surface area contributed by atoms with Crippen LogP contribution in [-0.4, -0.2) is 119 Å². The van der Waals surface area contributed by atoms with Gasteiger partial charge in [-0.3, -0.25) is 19.2 Å². The second-order valence-corrected chi connectivity index (χ2v) is 26.0. The Bertz CT molecular complexity index is 3030. The molecular weight excluding hydrogens is 1050 g/mol. The summed E-state index contributed by atoms with van der Waals surface area (Å²) in [6.07, 6.45) is 2.69. The normalized spacial score (nSPS) is 34.1. The number of allylic oxidation sites excluding steroid dienone is 4. The van der Waals surface area contributed by atoms with Crippen LogP contribution in [0.4, 0.5) is 18.4 Å². The number of hydrogen-bond donors (Lipinski definition) is 6. The number of carbonyl (C=O) groups excluding carboxylic acids is 6. The minimum Gasteiger partial charge on any atom is -0.449 e. The lowest BCUT2D eigenvalue weighted by atomic mass is 9.44. The van der Waals surface area contributed by atoms with Gasteiger partial charge in [-0.15, -0.1) is 0 Å². The quantitative estimate of drug-likeness (QED) is 0.0703. The number of fused-ring (bicyclic) bond motifs is 10. The van der Waals surface area contributed by atoms with Crippen molar-refractivity contribution in [1.82, 2.24) is 21.3 Å². The Balaban J connectivity index is 0.662. The first-order valence-electron chi connectivity index (χ1n) is 29.2. The first-order chi connectivity index (χ1) is 39.0. The number of nitrogens with one attached hydrogen (secondary N) is 4. The molecule has 0 bridgehead atoms. The van der Waals surface area contributed by atoms with Gasteiger partial charge in [-0.05, 0) is 161 Å². The predicted octanol–water partition coefficient (Wildman–Crippen LogP) is 8.27. The number of unbranched alkanes of at least 4 members (excludes halogenated alkanes) is 1. The number of alkyl carbamates (subject to hydrolysis) is 2. The van der Waals surface area contributed by atoms with E-state index in [0.717, 1.165) is 66.0 Å². The maximum absolute atomic E-state index is 17.9. The molecule has 7 aliphatic carbocycles. The van der Waals surface area contributed by atoms with Gasteiger partial charge in [0.2, 0.25) is 11.8 Å². The summed E-state index contributed by atoms with van der Waals surface area (Å²) in [6, 6.07) is 22.9. The van der Waals surface area contributed by atoms with Gasteiger partial charge in [0.25, 0.3) is 0 Å². The van der Waals surface area contributed by atoms with E-state index >= 15 is 8.78 Å². The SMILES string of the molecule is CC(C)(C)OC(=O)NCCCC[C@H](NC(=O)CNC(=O)OCC1c2ccccc2-c2ccccc21)C(=O)NC1CC2(CC(Cc3ccc([C@@H]4O[C@@H]5C[C@H]6[C@@H]7C[C@H](F)C8=CC(=O)C=C[C@]8(C)[C@@]7(F)[C@@H](O)C[C@]6(C)[C@]5(C(=O)CO)O4)cc3)C2)C1. The van der Waals surface area contributed by atoms with Crippen LogP contribution in [0.5, 0.6) is 0 Å². The molecule has 11 rings (SSSR count). The van der Waals surface area contributed by atoms with E-state index in [1.807, 2.05) is 72.8 Å². The predicted molar refractivity (Wildman–Crippen MR) is 297 cm³/mol. The summed E-state index contributed by atoms with van der Waals surface area (Å²) < 4.78 is 58.1. The molecule has 1 spiro atoms. The number of amides is 4. The van der Waals surface area contributed by atoms with E-state index in [2.05, 4.69) is 21.3 Å². The van der Waals surface area contributed by atoms with Gasteiger partial charge >= 0.3 is 12.2 Å². The minimum absolute atomic E-state index is 0.0139. The number of aliphatic hydroxyl groups excluding tert-OH is 2. The Morgan fingerprint density at radius 1 is 0.854 bits per heavy atom. The van der Waals surface area contributed by atoms with Gasteiger partial charge in [0.15, 0.2) is 29.1 Å². The van der Waals surface area contributed by atoms with Gasteiger partial charge < -0.3 is 50.4 Å². The number of carbonyl (C=O) groups is 6. The second-order valence-electron chi connectivity index (χ2n) is 26.0. The van der Waals surface area contributed by atoms with Crippen molar-refractivity contribution >= 4 is 35.6 Å². The van der Waals surface area contributed by atoms with Crippen molar-refractivity contribution in [2.45, 2.75) is 165 Å². The Morgan fingerprint density at radius 3 is 2.21 bits per heavy atom. The van der Waals surface area contributed by atoms with Crippen LogP contribution < -0.4 is 21.3 Å².